The van der Waals surface area contributed by atoms with Crippen molar-refractivity contribution in [3.8, 4) is 0 Å². The molecule has 86 valence electrons. The third kappa shape index (κ3) is 2.66. The summed E-state index contributed by atoms with van der Waals surface area (Å²) in [6.45, 7) is 3.49. The van der Waals surface area contributed by atoms with Crippen molar-refractivity contribution in [2.75, 3.05) is 13.6 Å². The zero-order chi connectivity index (χ0) is 11.4. The van der Waals surface area contributed by atoms with Crippen molar-refractivity contribution in [1.29, 1.82) is 0 Å². The second-order valence-electron chi connectivity index (χ2n) is 4.70. The first-order valence-electron chi connectivity index (χ1n) is 6.21. The first-order valence-corrected chi connectivity index (χ1v) is 6.21. The zero-order valence-electron chi connectivity index (χ0n) is 10.4. The molecule has 2 rings (SSSR count). The molecule has 0 fully saturated rings. The number of hydrogen-bond acceptors (Lipinski definition) is 1. The number of rotatable bonds is 3. The fourth-order valence-electron chi connectivity index (χ4n) is 2.39. The van der Waals surface area contributed by atoms with E-state index in [-0.39, 0.29) is 0 Å². The molecule has 1 aromatic carbocycles. The fourth-order valence-corrected chi connectivity index (χ4v) is 2.39. The Morgan fingerprint density at radius 3 is 2.62 bits per heavy atom. The minimum Gasteiger partial charge on any atom is -0.378 e. The Labute approximate surface area is 98.8 Å². The van der Waals surface area contributed by atoms with Gasteiger partial charge in [0.1, 0.15) is 0 Å². The zero-order valence-corrected chi connectivity index (χ0v) is 10.4. The van der Waals surface area contributed by atoms with Crippen LogP contribution in [0.3, 0.4) is 0 Å². The summed E-state index contributed by atoms with van der Waals surface area (Å²) in [5.74, 6) is 0. The van der Waals surface area contributed by atoms with Crippen molar-refractivity contribution in [2.45, 2.75) is 32.6 Å². The molecule has 0 aromatic heterocycles. The van der Waals surface area contributed by atoms with Crippen molar-refractivity contribution >= 4 is 0 Å². The van der Waals surface area contributed by atoms with Crippen LogP contribution in [0.2, 0.25) is 0 Å². The molecule has 0 saturated heterocycles. The monoisotopic (exact) mass is 215 g/mol. The van der Waals surface area contributed by atoms with Crippen LogP contribution in [0.25, 0.3) is 0 Å². The third-order valence-corrected chi connectivity index (χ3v) is 3.61. The standard InChI is InChI=1S/C15H21N/c1-13-15(9-6-12-16(13)2)11-10-14-7-4-3-5-8-14/h3-5,7-8H,6,9-12H2,1-2H3. The van der Waals surface area contributed by atoms with Crippen LogP contribution >= 0.6 is 0 Å². The molecule has 0 radical (unpaired) electrons. The first-order chi connectivity index (χ1) is 7.77. The van der Waals surface area contributed by atoms with Gasteiger partial charge in [0.15, 0.2) is 0 Å². The van der Waals surface area contributed by atoms with Crippen LogP contribution < -0.4 is 0 Å². The predicted octanol–water partition coefficient (Wildman–Crippen LogP) is 3.62. The van der Waals surface area contributed by atoms with Crippen LogP contribution in [-0.2, 0) is 6.42 Å². The minimum absolute atomic E-state index is 1.18. The molecule has 1 heteroatoms. The van der Waals surface area contributed by atoms with Crippen LogP contribution in [-0.4, -0.2) is 18.5 Å². The van der Waals surface area contributed by atoms with Gasteiger partial charge in [0.2, 0.25) is 0 Å². The second kappa shape index (κ2) is 5.20. The molecule has 1 aliphatic heterocycles. The smallest absolute Gasteiger partial charge is 0.0174 e. The Balaban J connectivity index is 1.98. The second-order valence-corrected chi connectivity index (χ2v) is 4.70. The third-order valence-electron chi connectivity index (χ3n) is 3.61. The van der Waals surface area contributed by atoms with Crippen molar-refractivity contribution < 1.29 is 0 Å². The highest BCUT2D eigenvalue weighted by Crippen LogP contribution is 2.24. The molecular weight excluding hydrogens is 194 g/mol. The molecule has 0 aliphatic carbocycles. The first kappa shape index (κ1) is 11.3. The van der Waals surface area contributed by atoms with Crippen LogP contribution in [0.15, 0.2) is 41.6 Å². The van der Waals surface area contributed by atoms with E-state index >= 15 is 0 Å². The number of hydrogen-bond donors (Lipinski definition) is 0. The molecule has 1 heterocycles. The Kier molecular flexibility index (Phi) is 3.66. The van der Waals surface area contributed by atoms with E-state index in [0.29, 0.717) is 0 Å². The van der Waals surface area contributed by atoms with E-state index in [1.165, 1.54) is 43.5 Å². The van der Waals surface area contributed by atoms with Crippen molar-refractivity contribution in [2.24, 2.45) is 0 Å². The van der Waals surface area contributed by atoms with Crippen molar-refractivity contribution in [3.63, 3.8) is 0 Å². The summed E-state index contributed by atoms with van der Waals surface area (Å²) in [4.78, 5) is 2.39. The molecule has 0 N–H and O–H groups in total. The molecule has 1 nitrogen and oxygen atoms in total. The molecule has 0 saturated carbocycles. The fraction of sp³-hybridized carbons (Fsp3) is 0.467. The Morgan fingerprint density at radius 1 is 1.12 bits per heavy atom. The van der Waals surface area contributed by atoms with Gasteiger partial charge in [-0.15, -0.1) is 0 Å². The summed E-state index contributed by atoms with van der Waals surface area (Å²) in [5.41, 5.74) is 4.61. The van der Waals surface area contributed by atoms with Crippen LogP contribution in [0.1, 0.15) is 31.7 Å². The maximum absolute atomic E-state index is 2.39. The number of aryl methyl sites for hydroxylation is 1. The summed E-state index contributed by atoms with van der Waals surface area (Å²) >= 11 is 0. The quantitative estimate of drug-likeness (QED) is 0.744. The van der Waals surface area contributed by atoms with Crippen LogP contribution in [0, 0.1) is 0 Å². The topological polar surface area (TPSA) is 3.24 Å². The molecular formula is C15H21N. The number of allylic oxidation sites excluding steroid dienone is 2. The highest BCUT2D eigenvalue weighted by molar-refractivity contribution is 5.19. The van der Waals surface area contributed by atoms with Gasteiger partial charge < -0.3 is 4.90 Å². The summed E-state index contributed by atoms with van der Waals surface area (Å²) in [5, 5.41) is 0. The molecule has 0 spiro atoms. The molecule has 0 amide bonds. The summed E-state index contributed by atoms with van der Waals surface area (Å²) in [6.07, 6.45) is 5.02. The van der Waals surface area contributed by atoms with E-state index < -0.39 is 0 Å². The lowest BCUT2D eigenvalue weighted by molar-refractivity contribution is 0.374. The van der Waals surface area contributed by atoms with Gasteiger partial charge in [0, 0.05) is 19.3 Å². The van der Waals surface area contributed by atoms with Crippen LogP contribution in [0.5, 0.6) is 0 Å². The van der Waals surface area contributed by atoms with E-state index in [1.807, 2.05) is 0 Å². The van der Waals surface area contributed by atoms with Gasteiger partial charge in [-0.1, -0.05) is 35.9 Å². The van der Waals surface area contributed by atoms with Crippen molar-refractivity contribution in [1.82, 2.24) is 4.90 Å². The Hall–Kier alpha value is -1.24. The van der Waals surface area contributed by atoms with E-state index in [2.05, 4.69) is 49.2 Å². The van der Waals surface area contributed by atoms with Crippen molar-refractivity contribution in [3.05, 3.63) is 47.2 Å². The van der Waals surface area contributed by atoms with E-state index in [4.69, 9.17) is 0 Å². The predicted molar refractivity (Wildman–Crippen MR) is 69.3 cm³/mol. The minimum atomic E-state index is 1.18. The molecule has 0 bridgehead atoms. The highest BCUT2D eigenvalue weighted by Gasteiger charge is 2.12. The molecule has 0 atom stereocenters. The average molecular weight is 215 g/mol. The summed E-state index contributed by atoms with van der Waals surface area (Å²) < 4.78 is 0. The van der Waals surface area contributed by atoms with Gasteiger partial charge in [-0.2, -0.15) is 0 Å². The normalized spacial score (nSPS) is 16.8. The highest BCUT2D eigenvalue weighted by atomic mass is 15.1. The molecule has 16 heavy (non-hydrogen) atoms. The maximum atomic E-state index is 2.39. The van der Waals surface area contributed by atoms with Gasteiger partial charge >= 0.3 is 0 Å². The summed E-state index contributed by atoms with van der Waals surface area (Å²) in [7, 11) is 2.21. The van der Waals surface area contributed by atoms with E-state index in [1.54, 1.807) is 5.57 Å². The van der Waals surface area contributed by atoms with Gasteiger partial charge in [-0.3, -0.25) is 0 Å². The molecule has 0 unspecified atom stereocenters. The lowest BCUT2D eigenvalue weighted by atomic mass is 9.96. The molecule has 1 aromatic rings. The number of benzene rings is 1. The van der Waals surface area contributed by atoms with E-state index in [9.17, 15) is 0 Å². The van der Waals surface area contributed by atoms with Gasteiger partial charge in [0.05, 0.1) is 0 Å². The van der Waals surface area contributed by atoms with Crippen LogP contribution in [0.4, 0.5) is 0 Å². The maximum Gasteiger partial charge on any atom is 0.0174 e. The van der Waals surface area contributed by atoms with E-state index in [0.717, 1.165) is 0 Å². The SMILES string of the molecule is CC1=C(CCc2ccccc2)CCCN1C. The molecule has 1 aliphatic rings. The van der Waals surface area contributed by atoms with Gasteiger partial charge in [-0.05, 0) is 38.2 Å². The largest absolute Gasteiger partial charge is 0.378 e. The number of nitrogens with zero attached hydrogens (tertiary/aromatic N) is 1. The Morgan fingerprint density at radius 2 is 1.88 bits per heavy atom. The average Bonchev–Trinajstić information content (AvgIpc) is 2.32. The lowest BCUT2D eigenvalue weighted by Crippen LogP contribution is -2.23. The summed E-state index contributed by atoms with van der Waals surface area (Å²) in [6, 6.07) is 10.8. The Bertz CT molecular complexity index is 364. The van der Waals surface area contributed by atoms with Gasteiger partial charge in [0.25, 0.3) is 0 Å². The lowest BCUT2D eigenvalue weighted by Gasteiger charge is -2.28. The van der Waals surface area contributed by atoms with Gasteiger partial charge in [-0.25, -0.2) is 0 Å².